The summed E-state index contributed by atoms with van der Waals surface area (Å²) in [7, 11) is 0. The van der Waals surface area contributed by atoms with Crippen molar-refractivity contribution in [2.24, 2.45) is 5.73 Å². The second kappa shape index (κ2) is 7.20. The summed E-state index contributed by atoms with van der Waals surface area (Å²) in [5.41, 5.74) is 6.65. The molecule has 0 radical (unpaired) electrons. The smallest absolute Gasteiger partial charge is 0.0718 e. The van der Waals surface area contributed by atoms with Crippen LogP contribution in [0.5, 0.6) is 0 Å². The van der Waals surface area contributed by atoms with Gasteiger partial charge in [-0.3, -0.25) is 9.80 Å². The third-order valence-electron chi connectivity index (χ3n) is 3.94. The summed E-state index contributed by atoms with van der Waals surface area (Å²) in [5, 5.41) is 9.92. The first-order valence-corrected chi connectivity index (χ1v) is 8.33. The molecular weight excluding hydrogens is 330 g/mol. The zero-order valence-corrected chi connectivity index (χ0v) is 14.5. The Morgan fingerprint density at radius 3 is 2.24 bits per heavy atom. The molecule has 1 saturated heterocycles. The Kier molecular flexibility index (Phi) is 5.80. The Hall–Kier alpha value is -0.460. The number of halogens is 1. The van der Waals surface area contributed by atoms with Crippen LogP contribution in [0, 0.1) is 0 Å². The highest BCUT2D eigenvalue weighted by molar-refractivity contribution is 9.10. The first kappa shape index (κ1) is 16.9. The highest BCUT2D eigenvalue weighted by atomic mass is 79.9. The minimum atomic E-state index is -0.624. The largest absolute Gasteiger partial charge is 0.389 e. The number of β-amino-alcohol motifs (C(OH)–C–C–N with tert-alkyl or cyclic N) is 1. The fraction of sp³-hybridized carbons (Fsp3) is 0.625. The Labute approximate surface area is 136 Å². The van der Waals surface area contributed by atoms with Crippen molar-refractivity contribution in [2.75, 3.05) is 39.3 Å². The van der Waals surface area contributed by atoms with Crippen molar-refractivity contribution in [1.82, 2.24) is 9.80 Å². The quantitative estimate of drug-likeness (QED) is 0.845. The van der Waals surface area contributed by atoms with Crippen LogP contribution in [0.15, 0.2) is 28.7 Å². The number of nitrogens with two attached hydrogens (primary N) is 1. The molecule has 2 rings (SSSR count). The normalized spacial score (nSPS) is 19.7. The Morgan fingerprint density at radius 1 is 1.19 bits per heavy atom. The van der Waals surface area contributed by atoms with Crippen LogP contribution < -0.4 is 5.73 Å². The van der Waals surface area contributed by atoms with Gasteiger partial charge in [-0.1, -0.05) is 28.1 Å². The third kappa shape index (κ3) is 5.04. The summed E-state index contributed by atoms with van der Waals surface area (Å²) in [6.45, 7) is 9.05. The van der Waals surface area contributed by atoms with Gasteiger partial charge in [-0.15, -0.1) is 0 Å². The molecule has 5 heteroatoms. The average Bonchev–Trinajstić information content (AvgIpc) is 2.42. The van der Waals surface area contributed by atoms with Crippen molar-refractivity contribution in [2.45, 2.75) is 25.5 Å². The van der Waals surface area contributed by atoms with E-state index in [4.69, 9.17) is 5.73 Å². The SMILES string of the molecule is CC(C)(O)CN1CCN(C(CN)c2ccc(Br)cc2)CC1. The van der Waals surface area contributed by atoms with Crippen LogP contribution in [0.3, 0.4) is 0 Å². The summed E-state index contributed by atoms with van der Waals surface area (Å²) in [4.78, 5) is 4.77. The highest BCUT2D eigenvalue weighted by Crippen LogP contribution is 2.23. The lowest BCUT2D eigenvalue weighted by molar-refractivity contribution is 0.0113. The van der Waals surface area contributed by atoms with Gasteiger partial charge >= 0.3 is 0 Å². The first-order chi connectivity index (χ1) is 9.89. The van der Waals surface area contributed by atoms with Crippen LogP contribution in [0.1, 0.15) is 25.5 Å². The van der Waals surface area contributed by atoms with Gasteiger partial charge in [0.2, 0.25) is 0 Å². The van der Waals surface area contributed by atoms with E-state index >= 15 is 0 Å². The van der Waals surface area contributed by atoms with Crippen molar-refractivity contribution in [1.29, 1.82) is 0 Å². The van der Waals surface area contributed by atoms with Gasteiger partial charge in [-0.25, -0.2) is 0 Å². The van der Waals surface area contributed by atoms with Crippen molar-refractivity contribution >= 4 is 15.9 Å². The monoisotopic (exact) mass is 355 g/mol. The molecule has 1 heterocycles. The molecule has 0 saturated carbocycles. The molecule has 118 valence electrons. The van der Waals surface area contributed by atoms with E-state index in [1.165, 1.54) is 5.56 Å². The van der Waals surface area contributed by atoms with Crippen LogP contribution in [-0.4, -0.2) is 59.8 Å². The van der Waals surface area contributed by atoms with Gasteiger partial charge in [-0.05, 0) is 31.5 Å². The molecule has 0 aromatic heterocycles. The molecule has 4 nitrogen and oxygen atoms in total. The summed E-state index contributed by atoms with van der Waals surface area (Å²) in [6, 6.07) is 8.71. The molecule has 1 aromatic carbocycles. The molecule has 21 heavy (non-hydrogen) atoms. The fourth-order valence-corrected chi connectivity index (χ4v) is 3.23. The van der Waals surface area contributed by atoms with Crippen molar-refractivity contribution in [3.05, 3.63) is 34.3 Å². The molecule has 3 N–H and O–H groups in total. The third-order valence-corrected chi connectivity index (χ3v) is 4.46. The van der Waals surface area contributed by atoms with Gasteiger partial charge < -0.3 is 10.8 Å². The Balaban J connectivity index is 1.95. The average molecular weight is 356 g/mol. The Morgan fingerprint density at radius 2 is 1.76 bits per heavy atom. The van der Waals surface area contributed by atoms with E-state index in [1.807, 2.05) is 13.8 Å². The molecule has 1 aliphatic heterocycles. The van der Waals surface area contributed by atoms with Crippen LogP contribution in [0.2, 0.25) is 0 Å². The van der Waals surface area contributed by atoms with Crippen molar-refractivity contribution < 1.29 is 5.11 Å². The second-order valence-corrected chi connectivity index (χ2v) is 7.34. The first-order valence-electron chi connectivity index (χ1n) is 7.53. The maximum Gasteiger partial charge on any atom is 0.0718 e. The second-order valence-electron chi connectivity index (χ2n) is 6.43. The van der Waals surface area contributed by atoms with Gasteiger partial charge in [0.1, 0.15) is 0 Å². The number of aliphatic hydroxyl groups is 1. The standard InChI is InChI=1S/C16H26BrN3O/c1-16(2,21)12-19-7-9-20(10-8-19)15(11-18)13-3-5-14(17)6-4-13/h3-6,15,21H,7-12,18H2,1-2H3. The molecule has 1 aromatic rings. The van der Waals surface area contributed by atoms with E-state index in [0.29, 0.717) is 6.54 Å². The topological polar surface area (TPSA) is 52.7 Å². The van der Waals surface area contributed by atoms with E-state index in [-0.39, 0.29) is 6.04 Å². The van der Waals surface area contributed by atoms with E-state index in [0.717, 1.165) is 37.2 Å². The predicted molar refractivity (Wildman–Crippen MR) is 90.2 cm³/mol. The van der Waals surface area contributed by atoms with E-state index in [1.54, 1.807) is 0 Å². The molecule has 1 aliphatic rings. The predicted octanol–water partition coefficient (Wildman–Crippen LogP) is 1.84. The summed E-state index contributed by atoms with van der Waals surface area (Å²) in [6.07, 6.45) is 0. The van der Waals surface area contributed by atoms with Gasteiger partial charge in [0.15, 0.2) is 0 Å². The van der Waals surface area contributed by atoms with Crippen LogP contribution in [-0.2, 0) is 0 Å². The lowest BCUT2D eigenvalue weighted by Gasteiger charge is -2.40. The van der Waals surface area contributed by atoms with E-state index in [9.17, 15) is 5.11 Å². The molecule has 0 amide bonds. The zero-order chi connectivity index (χ0) is 15.5. The van der Waals surface area contributed by atoms with E-state index < -0.39 is 5.60 Å². The van der Waals surface area contributed by atoms with Crippen LogP contribution in [0.25, 0.3) is 0 Å². The van der Waals surface area contributed by atoms with Gasteiger partial charge in [0, 0.05) is 49.8 Å². The van der Waals surface area contributed by atoms with E-state index in [2.05, 4.69) is 50.0 Å². The molecule has 1 atom stereocenters. The van der Waals surface area contributed by atoms with Gasteiger partial charge in [0.25, 0.3) is 0 Å². The molecule has 1 fully saturated rings. The number of nitrogens with zero attached hydrogens (tertiary/aromatic N) is 2. The van der Waals surface area contributed by atoms with Gasteiger partial charge in [0.05, 0.1) is 5.60 Å². The minimum Gasteiger partial charge on any atom is -0.389 e. The number of hydrogen-bond donors (Lipinski definition) is 2. The van der Waals surface area contributed by atoms with Gasteiger partial charge in [-0.2, -0.15) is 0 Å². The van der Waals surface area contributed by atoms with Crippen LogP contribution >= 0.6 is 15.9 Å². The molecule has 0 aliphatic carbocycles. The summed E-state index contributed by atoms with van der Waals surface area (Å²) in [5.74, 6) is 0. The lowest BCUT2D eigenvalue weighted by Crippen LogP contribution is -2.52. The maximum absolute atomic E-state index is 9.92. The van der Waals surface area contributed by atoms with Crippen LogP contribution in [0.4, 0.5) is 0 Å². The molecular formula is C16H26BrN3O. The number of hydrogen-bond acceptors (Lipinski definition) is 4. The summed E-state index contributed by atoms with van der Waals surface area (Å²) < 4.78 is 1.09. The number of rotatable bonds is 5. The fourth-order valence-electron chi connectivity index (χ4n) is 2.96. The number of benzene rings is 1. The van der Waals surface area contributed by atoms with Crippen molar-refractivity contribution in [3.63, 3.8) is 0 Å². The Bertz CT molecular complexity index is 436. The lowest BCUT2D eigenvalue weighted by atomic mass is 10.0. The summed E-state index contributed by atoms with van der Waals surface area (Å²) >= 11 is 3.47. The molecule has 1 unspecified atom stereocenters. The zero-order valence-electron chi connectivity index (χ0n) is 12.9. The highest BCUT2D eigenvalue weighted by Gasteiger charge is 2.26. The maximum atomic E-state index is 9.92. The minimum absolute atomic E-state index is 0.280. The molecule has 0 bridgehead atoms. The van der Waals surface area contributed by atoms with Crippen molar-refractivity contribution in [3.8, 4) is 0 Å². The molecule has 0 spiro atoms. The number of piperazine rings is 1.